The Morgan fingerprint density at radius 1 is 1.00 bits per heavy atom. The molecule has 0 aromatic heterocycles. The van der Waals surface area contributed by atoms with Gasteiger partial charge in [0.15, 0.2) is 5.17 Å². The van der Waals surface area contributed by atoms with Gasteiger partial charge in [-0.05, 0) is 58.7 Å². The third-order valence-corrected chi connectivity index (χ3v) is 8.36. The number of aliphatic imine (C=N–C) groups is 1. The third-order valence-electron chi connectivity index (χ3n) is 6.96. The lowest BCUT2D eigenvalue weighted by atomic mass is 9.97. The maximum Gasteiger partial charge on any atom is 0.262 e. The van der Waals surface area contributed by atoms with Crippen LogP contribution in [0.1, 0.15) is 35.6 Å². The molecular formula is C31H25ClN4O2S. The van der Waals surface area contributed by atoms with Gasteiger partial charge in [0.1, 0.15) is 5.25 Å². The molecule has 0 radical (unpaired) electrons. The number of nitrogens with one attached hydrogen (secondary N) is 1. The molecule has 0 aliphatic carbocycles. The molecule has 2 unspecified atom stereocenters. The molecule has 0 spiro atoms. The van der Waals surface area contributed by atoms with E-state index in [9.17, 15) is 9.59 Å². The predicted molar refractivity (Wildman–Crippen MR) is 159 cm³/mol. The lowest BCUT2D eigenvalue weighted by Crippen LogP contribution is -2.25. The standard InChI is InChI=1S/C31H25ClN4O2S/c1-19-6-2-5-9-25(19)33-29(37)18-28-30(38)34-31(39-28)36-27(21-12-14-24(32)15-13-21)17-26(35-36)23-11-10-20-7-3-4-8-22(20)16-23/h2-16,27-28H,17-18H2,1H3,(H,33,37). The molecule has 1 N–H and O–H groups in total. The molecule has 0 fully saturated rings. The van der Waals surface area contributed by atoms with E-state index in [1.165, 1.54) is 17.1 Å². The number of hydrazone groups is 1. The fraction of sp³-hybridized carbons (Fsp3) is 0.161. The first-order chi connectivity index (χ1) is 18.9. The van der Waals surface area contributed by atoms with Gasteiger partial charge in [-0.3, -0.25) is 9.59 Å². The maximum atomic E-state index is 12.9. The second-order valence-corrected chi connectivity index (χ2v) is 11.2. The number of rotatable bonds is 5. The molecule has 2 aliphatic heterocycles. The van der Waals surface area contributed by atoms with Gasteiger partial charge in [0, 0.05) is 23.6 Å². The summed E-state index contributed by atoms with van der Waals surface area (Å²) in [6.45, 7) is 1.93. The van der Waals surface area contributed by atoms with Crippen molar-refractivity contribution in [3.05, 3.63) is 113 Å². The topological polar surface area (TPSA) is 74.1 Å². The molecule has 0 saturated heterocycles. The number of hydrogen-bond acceptors (Lipinski definition) is 5. The lowest BCUT2D eigenvalue weighted by molar-refractivity contribution is -0.121. The molecule has 0 saturated carbocycles. The molecule has 2 amide bonds. The maximum absolute atomic E-state index is 12.9. The van der Waals surface area contributed by atoms with E-state index < -0.39 is 5.25 Å². The molecule has 2 heterocycles. The van der Waals surface area contributed by atoms with Crippen LogP contribution in [0.3, 0.4) is 0 Å². The van der Waals surface area contributed by atoms with Crippen molar-refractivity contribution in [3.63, 3.8) is 0 Å². The summed E-state index contributed by atoms with van der Waals surface area (Å²) >= 11 is 7.46. The molecule has 8 heteroatoms. The van der Waals surface area contributed by atoms with Crippen molar-refractivity contribution >= 4 is 62.5 Å². The molecule has 6 rings (SSSR count). The van der Waals surface area contributed by atoms with E-state index in [0.717, 1.165) is 33.5 Å². The summed E-state index contributed by atoms with van der Waals surface area (Å²) in [5, 5.41) is 12.6. The van der Waals surface area contributed by atoms with Gasteiger partial charge in [-0.2, -0.15) is 10.1 Å². The summed E-state index contributed by atoms with van der Waals surface area (Å²) in [4.78, 5) is 30.0. The zero-order chi connectivity index (χ0) is 26.9. The van der Waals surface area contributed by atoms with Crippen LogP contribution in [-0.4, -0.2) is 33.0 Å². The number of amidine groups is 1. The highest BCUT2D eigenvalue weighted by molar-refractivity contribution is 8.15. The highest BCUT2D eigenvalue weighted by Gasteiger charge is 2.39. The van der Waals surface area contributed by atoms with Crippen LogP contribution in [0.5, 0.6) is 0 Å². The number of benzene rings is 4. The molecule has 2 atom stereocenters. The van der Waals surface area contributed by atoms with Gasteiger partial charge in [0.2, 0.25) is 5.91 Å². The van der Waals surface area contributed by atoms with Crippen molar-refractivity contribution < 1.29 is 9.59 Å². The van der Waals surface area contributed by atoms with Crippen molar-refractivity contribution in [2.75, 3.05) is 5.32 Å². The summed E-state index contributed by atoms with van der Waals surface area (Å²) in [5.74, 6) is -0.540. The number of carbonyl (C=O) groups is 2. The normalized spacial score (nSPS) is 18.8. The predicted octanol–water partition coefficient (Wildman–Crippen LogP) is 6.98. The summed E-state index contributed by atoms with van der Waals surface area (Å²) in [5.41, 5.74) is 4.67. The number of amides is 2. The SMILES string of the molecule is Cc1ccccc1NC(=O)CC1SC(N2N=C(c3ccc4ccccc4c3)CC2c2ccc(Cl)cc2)=NC1=O. The van der Waals surface area contributed by atoms with Gasteiger partial charge in [-0.15, -0.1) is 0 Å². The Balaban J connectivity index is 1.25. The first-order valence-electron chi connectivity index (χ1n) is 12.7. The molecule has 4 aromatic carbocycles. The Kier molecular flexibility index (Phi) is 6.94. The first kappa shape index (κ1) is 25.3. The minimum atomic E-state index is -0.602. The number of anilines is 1. The Morgan fingerprint density at radius 2 is 1.74 bits per heavy atom. The van der Waals surface area contributed by atoms with Gasteiger partial charge in [0.05, 0.1) is 11.8 Å². The Bertz CT molecular complexity index is 1650. The first-order valence-corrected chi connectivity index (χ1v) is 14.0. The van der Waals surface area contributed by atoms with E-state index >= 15 is 0 Å². The van der Waals surface area contributed by atoms with Gasteiger partial charge in [-0.25, -0.2) is 5.01 Å². The number of carbonyl (C=O) groups excluding carboxylic acids is 2. The molecule has 2 aliphatic rings. The lowest BCUT2D eigenvalue weighted by Gasteiger charge is -2.23. The van der Waals surface area contributed by atoms with Crippen LogP contribution in [0.15, 0.2) is 101 Å². The highest BCUT2D eigenvalue weighted by atomic mass is 35.5. The summed E-state index contributed by atoms with van der Waals surface area (Å²) in [6.07, 6.45) is 0.678. The number of nitrogens with zero attached hydrogens (tertiary/aromatic N) is 3. The fourth-order valence-corrected chi connectivity index (χ4v) is 6.05. The van der Waals surface area contributed by atoms with Crippen LogP contribution >= 0.6 is 23.4 Å². The van der Waals surface area contributed by atoms with Gasteiger partial charge in [-0.1, -0.05) is 90.1 Å². The summed E-state index contributed by atoms with van der Waals surface area (Å²) in [7, 11) is 0. The van der Waals surface area contributed by atoms with Crippen LogP contribution < -0.4 is 5.32 Å². The van der Waals surface area contributed by atoms with E-state index in [4.69, 9.17) is 16.7 Å². The second kappa shape index (κ2) is 10.7. The summed E-state index contributed by atoms with van der Waals surface area (Å²) < 4.78 is 0. The monoisotopic (exact) mass is 552 g/mol. The molecule has 39 heavy (non-hydrogen) atoms. The molecule has 6 nitrogen and oxygen atoms in total. The summed E-state index contributed by atoms with van der Waals surface area (Å²) in [6, 6.07) is 29.6. The molecule has 4 aromatic rings. The largest absolute Gasteiger partial charge is 0.326 e. The van der Waals surface area contributed by atoms with Crippen molar-refractivity contribution in [2.45, 2.75) is 31.1 Å². The van der Waals surface area contributed by atoms with Gasteiger partial charge >= 0.3 is 0 Å². The van der Waals surface area contributed by atoms with Crippen LogP contribution in [-0.2, 0) is 9.59 Å². The number of halogens is 1. The van der Waals surface area contributed by atoms with Gasteiger partial charge < -0.3 is 5.32 Å². The zero-order valence-corrected chi connectivity index (χ0v) is 22.7. The Labute approximate surface area is 235 Å². The zero-order valence-electron chi connectivity index (χ0n) is 21.2. The Hall–Kier alpha value is -3.94. The Morgan fingerprint density at radius 3 is 2.54 bits per heavy atom. The number of aryl methyl sites for hydroxylation is 1. The quantitative estimate of drug-likeness (QED) is 0.290. The van der Waals surface area contributed by atoms with Crippen molar-refractivity contribution in [1.29, 1.82) is 0 Å². The molecule has 194 valence electrons. The van der Waals surface area contributed by atoms with Crippen LogP contribution in [0.2, 0.25) is 5.02 Å². The van der Waals surface area contributed by atoms with E-state index in [1.807, 2.05) is 72.6 Å². The van der Waals surface area contributed by atoms with Gasteiger partial charge in [0.25, 0.3) is 5.91 Å². The minimum Gasteiger partial charge on any atom is -0.326 e. The highest BCUT2D eigenvalue weighted by Crippen LogP contribution is 2.39. The van der Waals surface area contributed by atoms with E-state index in [2.05, 4.69) is 40.6 Å². The average Bonchev–Trinajstić information content (AvgIpc) is 3.54. The van der Waals surface area contributed by atoms with Crippen LogP contribution in [0.4, 0.5) is 5.69 Å². The van der Waals surface area contributed by atoms with Crippen molar-refractivity contribution in [2.24, 2.45) is 10.1 Å². The number of hydrogen-bond donors (Lipinski definition) is 1. The number of thioether (sulfide) groups is 1. The molecule has 0 bridgehead atoms. The number of para-hydroxylation sites is 1. The fourth-order valence-electron chi connectivity index (χ4n) is 4.86. The van der Waals surface area contributed by atoms with Crippen LogP contribution in [0, 0.1) is 6.92 Å². The second-order valence-electron chi connectivity index (χ2n) is 9.63. The van der Waals surface area contributed by atoms with E-state index in [-0.39, 0.29) is 24.3 Å². The number of fused-ring (bicyclic) bond motifs is 1. The van der Waals surface area contributed by atoms with Crippen molar-refractivity contribution in [1.82, 2.24) is 5.01 Å². The third kappa shape index (κ3) is 5.33. The average molecular weight is 553 g/mol. The minimum absolute atomic E-state index is 0.0333. The molecular weight excluding hydrogens is 528 g/mol. The van der Waals surface area contributed by atoms with Crippen LogP contribution in [0.25, 0.3) is 10.8 Å². The smallest absolute Gasteiger partial charge is 0.262 e. The van der Waals surface area contributed by atoms with E-state index in [1.54, 1.807) is 0 Å². The van der Waals surface area contributed by atoms with E-state index in [0.29, 0.717) is 16.6 Å². The van der Waals surface area contributed by atoms with Crippen molar-refractivity contribution in [3.8, 4) is 0 Å².